The van der Waals surface area contributed by atoms with Crippen LogP contribution in [-0.4, -0.2) is 84.5 Å². The molecule has 0 bridgehead atoms. The molecule has 0 aromatic carbocycles. The standard InChI is InChI=1S/2Ca.Li.O4Si.H/c;;;1-5(2,3)4;/q2*+2;+1;-4;-1. The third-order valence-electron chi connectivity index (χ3n) is 0. The largest absolute Gasteiger partial charge is 2.00 e. The molecule has 0 fully saturated rings. The third-order valence-corrected chi connectivity index (χ3v) is 0. The molecule has 8 heavy (non-hydrogen) atoms. The quantitative estimate of drug-likeness (QED) is 0.346. The van der Waals surface area contributed by atoms with Crippen LogP contribution in [0.1, 0.15) is 1.43 Å². The Morgan fingerprint density at radius 1 is 0.875 bits per heavy atom. The van der Waals surface area contributed by atoms with E-state index in [9.17, 15) is 0 Å². The normalized spacial score (nSPS) is 7.50. The molecule has 0 spiro atoms. The Morgan fingerprint density at radius 3 is 0.875 bits per heavy atom. The summed E-state index contributed by atoms with van der Waals surface area (Å²) in [5.74, 6) is 0. The van der Waals surface area contributed by atoms with Crippen molar-refractivity contribution >= 4 is 84.5 Å². The van der Waals surface area contributed by atoms with Gasteiger partial charge in [0, 0.05) is 0 Å². The van der Waals surface area contributed by atoms with Gasteiger partial charge in [0.15, 0.2) is 0 Å². The summed E-state index contributed by atoms with van der Waals surface area (Å²) >= 11 is 0. The Balaban J connectivity index is -0.0000000133. The van der Waals surface area contributed by atoms with Gasteiger partial charge >= 0.3 is 94.3 Å². The van der Waals surface area contributed by atoms with Crippen LogP contribution in [-0.2, 0) is 0 Å². The minimum Gasteiger partial charge on any atom is -1.00 e. The summed E-state index contributed by atoms with van der Waals surface area (Å²) in [6, 6.07) is 0. The summed E-state index contributed by atoms with van der Waals surface area (Å²) in [5, 5.41) is 0. The van der Waals surface area contributed by atoms with Crippen LogP contribution >= 0.6 is 0 Å². The Hall–Kier alpha value is 3.17. The van der Waals surface area contributed by atoms with E-state index in [2.05, 4.69) is 0 Å². The first-order valence-corrected chi connectivity index (χ1v) is 2.45. The van der Waals surface area contributed by atoms with E-state index in [1.54, 1.807) is 0 Å². The summed E-state index contributed by atoms with van der Waals surface area (Å²) in [7, 11) is -5.61. The van der Waals surface area contributed by atoms with Gasteiger partial charge in [0.05, 0.1) is 0 Å². The minimum atomic E-state index is -5.61. The van der Waals surface area contributed by atoms with Crippen LogP contribution in [0.15, 0.2) is 0 Å². The molecule has 0 N–H and O–H groups in total. The van der Waals surface area contributed by atoms with Gasteiger partial charge in [-0.2, -0.15) is 0 Å². The molecule has 0 saturated heterocycles. The second kappa shape index (κ2) is 10.2. The van der Waals surface area contributed by atoms with Crippen molar-refractivity contribution in [3.8, 4) is 0 Å². The fourth-order valence-corrected chi connectivity index (χ4v) is 0. The predicted octanol–water partition coefficient (Wildman–Crippen LogP) is -8.78. The Morgan fingerprint density at radius 2 is 0.875 bits per heavy atom. The predicted molar refractivity (Wildman–Crippen MR) is 18.4 cm³/mol. The molecule has 0 aromatic heterocycles. The molecule has 0 heterocycles. The second-order valence-electron chi connectivity index (χ2n) is 0.500. The topological polar surface area (TPSA) is 92.2 Å². The van der Waals surface area contributed by atoms with Crippen LogP contribution in [0.3, 0.4) is 0 Å². The molecule has 34 valence electrons. The van der Waals surface area contributed by atoms with E-state index >= 15 is 0 Å². The molecule has 8 heteroatoms. The molecular weight excluding hydrogens is 179 g/mol. The monoisotopic (exact) mass is 180 g/mol. The van der Waals surface area contributed by atoms with Gasteiger partial charge in [-0.25, -0.2) is 0 Å². The van der Waals surface area contributed by atoms with Gasteiger partial charge in [-0.15, -0.1) is 0 Å². The number of hydrogen-bond donors (Lipinski definition) is 0. The van der Waals surface area contributed by atoms with Crippen molar-refractivity contribution in [1.82, 2.24) is 0 Å². The van der Waals surface area contributed by atoms with Gasteiger partial charge in [0.1, 0.15) is 0 Å². The fraction of sp³-hybridized carbons (Fsp3) is 0. The van der Waals surface area contributed by atoms with Crippen molar-refractivity contribution in [3.63, 3.8) is 0 Å². The zero-order valence-corrected chi connectivity index (χ0v) is 9.96. The maximum atomic E-state index is 8.58. The van der Waals surface area contributed by atoms with Crippen molar-refractivity contribution < 1.29 is 39.5 Å². The van der Waals surface area contributed by atoms with Crippen molar-refractivity contribution in [2.24, 2.45) is 0 Å². The summed E-state index contributed by atoms with van der Waals surface area (Å²) < 4.78 is 0. The molecule has 0 aliphatic carbocycles. The number of rotatable bonds is 0. The van der Waals surface area contributed by atoms with Crippen LogP contribution < -0.4 is 38.0 Å². The minimum absolute atomic E-state index is 0. The second-order valence-corrected chi connectivity index (χ2v) is 1.50. The molecule has 0 aliphatic rings. The zero-order valence-electron chi connectivity index (χ0n) is 5.55. The van der Waals surface area contributed by atoms with Crippen molar-refractivity contribution in [1.29, 1.82) is 0 Å². The van der Waals surface area contributed by atoms with E-state index in [1.807, 2.05) is 0 Å². The van der Waals surface area contributed by atoms with Crippen LogP contribution in [0.25, 0.3) is 0 Å². The average Bonchev–Trinajstić information content (AvgIpc) is 0.722. The van der Waals surface area contributed by atoms with Crippen LogP contribution in [0.4, 0.5) is 0 Å². The maximum absolute atomic E-state index is 8.58. The van der Waals surface area contributed by atoms with Gasteiger partial charge in [-0.05, 0) is 0 Å². The van der Waals surface area contributed by atoms with Crippen LogP contribution in [0.2, 0.25) is 0 Å². The van der Waals surface area contributed by atoms with Crippen molar-refractivity contribution in [2.45, 2.75) is 0 Å². The molecule has 0 aliphatic heterocycles. The fourth-order valence-electron chi connectivity index (χ4n) is 0. The molecule has 0 rings (SSSR count). The Bertz CT molecular complexity index is 34.0. The average molecular weight is 180 g/mol. The summed E-state index contributed by atoms with van der Waals surface area (Å²) in [5.41, 5.74) is 0. The Labute approximate surface area is 121 Å². The van der Waals surface area contributed by atoms with Gasteiger partial charge in [-0.1, -0.05) is 0 Å². The first-order valence-electron chi connectivity index (χ1n) is 0.816. The Kier molecular flexibility index (Phi) is 28.6. The first kappa shape index (κ1) is 22.5. The molecule has 0 saturated carbocycles. The van der Waals surface area contributed by atoms with Crippen LogP contribution in [0.5, 0.6) is 0 Å². The van der Waals surface area contributed by atoms with E-state index in [0.29, 0.717) is 0 Å². The van der Waals surface area contributed by atoms with E-state index < -0.39 is 9.05 Å². The zero-order chi connectivity index (χ0) is 4.50. The molecule has 0 aromatic rings. The first-order chi connectivity index (χ1) is 2.00. The molecule has 0 unspecified atom stereocenters. The van der Waals surface area contributed by atoms with E-state index in [4.69, 9.17) is 19.2 Å². The number of hydrogen-bond acceptors (Lipinski definition) is 4. The molecular formula is HCa2LiO4Si. The van der Waals surface area contributed by atoms with Gasteiger partial charge in [-0.3, -0.25) is 0 Å². The van der Waals surface area contributed by atoms with Gasteiger partial charge in [0.25, 0.3) is 0 Å². The van der Waals surface area contributed by atoms with E-state index in [-0.39, 0.29) is 95.8 Å². The molecule has 0 atom stereocenters. The molecule has 0 radical (unpaired) electrons. The van der Waals surface area contributed by atoms with E-state index in [0.717, 1.165) is 0 Å². The molecule has 0 amide bonds. The van der Waals surface area contributed by atoms with Gasteiger partial charge in [0.2, 0.25) is 0 Å². The van der Waals surface area contributed by atoms with E-state index in [1.165, 1.54) is 0 Å². The summed E-state index contributed by atoms with van der Waals surface area (Å²) in [6.45, 7) is 0. The van der Waals surface area contributed by atoms with Crippen molar-refractivity contribution in [2.75, 3.05) is 0 Å². The third kappa shape index (κ3) is 60.8. The molecule has 4 nitrogen and oxygen atoms in total. The van der Waals surface area contributed by atoms with Crippen LogP contribution in [0, 0.1) is 0 Å². The SMILES string of the molecule is [Ca+2].[Ca+2].[H-].[Li+].[O-][Si]([O-])([O-])[O-]. The maximum Gasteiger partial charge on any atom is 2.00 e. The van der Waals surface area contributed by atoms with Gasteiger partial charge < -0.3 is 29.7 Å². The summed E-state index contributed by atoms with van der Waals surface area (Å²) in [4.78, 5) is 34.3. The smallest absolute Gasteiger partial charge is 1.00 e. The summed E-state index contributed by atoms with van der Waals surface area (Å²) in [6.07, 6.45) is 0. The van der Waals surface area contributed by atoms with Crippen molar-refractivity contribution in [3.05, 3.63) is 0 Å².